The molecular weight excluding hydrogens is 314 g/mol. The monoisotopic (exact) mass is 341 g/mol. The van der Waals surface area contributed by atoms with Gasteiger partial charge < -0.3 is 14.8 Å². The lowest BCUT2D eigenvalue weighted by Gasteiger charge is -2.30. The number of fused-ring (bicyclic) bond motifs is 1. The lowest BCUT2D eigenvalue weighted by Crippen LogP contribution is -2.42. The minimum absolute atomic E-state index is 0.0317. The first-order valence-corrected chi connectivity index (χ1v) is 9.05. The standard InChI is InChI=1S/C20H27N3O2/c1-14-17(18-6-4-5-7-19(18)22(14)3)8-11-21-20(25)16-9-12-23(13-10-16)15(2)24/h4-7,16H,8-13H2,1-3H3,(H,21,25). The number of nitrogens with zero attached hydrogens (tertiary/aromatic N) is 2. The van der Waals surface area contributed by atoms with Gasteiger partial charge in [0.1, 0.15) is 0 Å². The predicted octanol–water partition coefficient (Wildman–Crippen LogP) is 2.40. The van der Waals surface area contributed by atoms with Crippen LogP contribution in [0.5, 0.6) is 0 Å². The Morgan fingerprint density at radius 1 is 1.20 bits per heavy atom. The summed E-state index contributed by atoms with van der Waals surface area (Å²) in [6.45, 7) is 5.76. The largest absolute Gasteiger partial charge is 0.356 e. The van der Waals surface area contributed by atoms with E-state index in [0.29, 0.717) is 19.6 Å². The molecule has 0 spiro atoms. The fraction of sp³-hybridized carbons (Fsp3) is 0.500. The van der Waals surface area contributed by atoms with Crippen molar-refractivity contribution in [3.63, 3.8) is 0 Å². The molecule has 0 atom stereocenters. The highest BCUT2D eigenvalue weighted by molar-refractivity contribution is 5.85. The van der Waals surface area contributed by atoms with Crippen molar-refractivity contribution in [2.45, 2.75) is 33.1 Å². The highest BCUT2D eigenvalue weighted by Gasteiger charge is 2.25. The van der Waals surface area contributed by atoms with E-state index in [9.17, 15) is 9.59 Å². The summed E-state index contributed by atoms with van der Waals surface area (Å²) in [6, 6.07) is 8.40. The van der Waals surface area contributed by atoms with Crippen molar-refractivity contribution in [3.05, 3.63) is 35.5 Å². The lowest BCUT2D eigenvalue weighted by atomic mass is 9.96. The highest BCUT2D eigenvalue weighted by atomic mass is 16.2. The molecule has 0 unspecified atom stereocenters. The second-order valence-corrected chi connectivity index (χ2v) is 6.96. The van der Waals surface area contributed by atoms with Gasteiger partial charge in [0.25, 0.3) is 0 Å². The van der Waals surface area contributed by atoms with Gasteiger partial charge in [-0.25, -0.2) is 0 Å². The van der Waals surface area contributed by atoms with Crippen molar-refractivity contribution in [3.8, 4) is 0 Å². The predicted molar refractivity (Wildman–Crippen MR) is 99.3 cm³/mol. The molecule has 5 heteroatoms. The van der Waals surface area contributed by atoms with E-state index in [-0.39, 0.29) is 17.7 Å². The quantitative estimate of drug-likeness (QED) is 0.928. The van der Waals surface area contributed by atoms with Crippen LogP contribution in [-0.4, -0.2) is 40.9 Å². The molecule has 1 saturated heterocycles. The zero-order chi connectivity index (χ0) is 18.0. The van der Waals surface area contributed by atoms with E-state index < -0.39 is 0 Å². The van der Waals surface area contributed by atoms with Crippen molar-refractivity contribution in [1.82, 2.24) is 14.8 Å². The maximum Gasteiger partial charge on any atom is 0.223 e. The molecule has 2 aromatic rings. The van der Waals surface area contributed by atoms with Crippen LogP contribution in [0.1, 0.15) is 31.0 Å². The van der Waals surface area contributed by atoms with Gasteiger partial charge in [-0.15, -0.1) is 0 Å². The first-order valence-electron chi connectivity index (χ1n) is 9.05. The third-order valence-electron chi connectivity index (χ3n) is 5.52. The Morgan fingerprint density at radius 2 is 1.88 bits per heavy atom. The van der Waals surface area contributed by atoms with Gasteiger partial charge in [-0.2, -0.15) is 0 Å². The maximum atomic E-state index is 12.4. The summed E-state index contributed by atoms with van der Waals surface area (Å²) in [5.41, 5.74) is 3.80. The zero-order valence-corrected chi connectivity index (χ0v) is 15.3. The van der Waals surface area contributed by atoms with E-state index in [1.165, 1.54) is 22.2 Å². The van der Waals surface area contributed by atoms with E-state index in [1.807, 2.05) is 4.90 Å². The van der Waals surface area contributed by atoms with E-state index in [1.54, 1.807) is 6.92 Å². The summed E-state index contributed by atoms with van der Waals surface area (Å²) in [6.07, 6.45) is 2.36. The number of likely N-dealkylation sites (tertiary alicyclic amines) is 1. The molecule has 0 aliphatic carbocycles. The van der Waals surface area contributed by atoms with Crippen molar-refractivity contribution in [2.75, 3.05) is 19.6 Å². The molecule has 0 bridgehead atoms. The summed E-state index contributed by atoms with van der Waals surface area (Å²) in [5, 5.41) is 4.36. The third kappa shape index (κ3) is 3.55. The van der Waals surface area contributed by atoms with Crippen molar-refractivity contribution < 1.29 is 9.59 Å². The molecular formula is C20H27N3O2. The number of rotatable bonds is 4. The second kappa shape index (κ2) is 7.30. The highest BCUT2D eigenvalue weighted by Crippen LogP contribution is 2.25. The minimum Gasteiger partial charge on any atom is -0.356 e. The Balaban J connectivity index is 1.56. The lowest BCUT2D eigenvalue weighted by molar-refractivity contribution is -0.133. The van der Waals surface area contributed by atoms with Crippen LogP contribution in [0.4, 0.5) is 0 Å². The molecule has 134 valence electrons. The van der Waals surface area contributed by atoms with E-state index in [0.717, 1.165) is 19.3 Å². The molecule has 25 heavy (non-hydrogen) atoms. The molecule has 1 aliphatic heterocycles. The molecule has 0 saturated carbocycles. The molecule has 1 N–H and O–H groups in total. The molecule has 2 amide bonds. The number of amides is 2. The van der Waals surface area contributed by atoms with Crippen LogP contribution in [-0.2, 0) is 23.1 Å². The first-order chi connectivity index (χ1) is 12.0. The molecule has 2 heterocycles. The summed E-state index contributed by atoms with van der Waals surface area (Å²) >= 11 is 0. The number of carbonyl (C=O) groups is 2. The molecule has 1 aromatic carbocycles. The van der Waals surface area contributed by atoms with Crippen LogP contribution < -0.4 is 5.32 Å². The van der Waals surface area contributed by atoms with E-state index in [2.05, 4.69) is 48.1 Å². The number of aromatic nitrogens is 1. The van der Waals surface area contributed by atoms with Gasteiger partial charge in [0.15, 0.2) is 0 Å². The summed E-state index contributed by atoms with van der Waals surface area (Å²) in [4.78, 5) is 25.6. The molecule has 5 nitrogen and oxygen atoms in total. The Hall–Kier alpha value is -2.30. The number of nitrogens with one attached hydrogen (secondary N) is 1. The summed E-state index contributed by atoms with van der Waals surface area (Å²) in [5.74, 6) is 0.260. The number of benzene rings is 1. The topological polar surface area (TPSA) is 54.3 Å². The minimum atomic E-state index is 0.0317. The van der Waals surface area contributed by atoms with Crippen LogP contribution in [0.15, 0.2) is 24.3 Å². The van der Waals surface area contributed by atoms with Crippen LogP contribution in [0.3, 0.4) is 0 Å². The third-order valence-corrected chi connectivity index (χ3v) is 5.52. The number of carbonyl (C=O) groups excluding carboxylic acids is 2. The normalized spacial score (nSPS) is 15.6. The van der Waals surface area contributed by atoms with E-state index >= 15 is 0 Å². The van der Waals surface area contributed by atoms with Crippen LogP contribution in [0.25, 0.3) is 10.9 Å². The Morgan fingerprint density at radius 3 is 2.56 bits per heavy atom. The second-order valence-electron chi connectivity index (χ2n) is 6.96. The maximum absolute atomic E-state index is 12.4. The van der Waals surface area contributed by atoms with Gasteiger partial charge in [0, 0.05) is 56.1 Å². The van der Waals surface area contributed by atoms with Gasteiger partial charge in [-0.1, -0.05) is 18.2 Å². The molecule has 1 fully saturated rings. The Labute approximate surface area is 149 Å². The molecule has 1 aliphatic rings. The average Bonchev–Trinajstić information content (AvgIpc) is 2.87. The number of hydrogen-bond acceptors (Lipinski definition) is 2. The van der Waals surface area contributed by atoms with Gasteiger partial charge in [0.05, 0.1) is 0 Å². The van der Waals surface area contributed by atoms with Gasteiger partial charge in [-0.3, -0.25) is 9.59 Å². The van der Waals surface area contributed by atoms with Crippen molar-refractivity contribution >= 4 is 22.7 Å². The molecule has 3 rings (SSSR count). The zero-order valence-electron chi connectivity index (χ0n) is 15.3. The molecule has 0 radical (unpaired) electrons. The number of piperidine rings is 1. The first kappa shape index (κ1) is 17.5. The smallest absolute Gasteiger partial charge is 0.223 e. The number of aryl methyl sites for hydroxylation is 1. The van der Waals surface area contributed by atoms with E-state index in [4.69, 9.17) is 0 Å². The van der Waals surface area contributed by atoms with Gasteiger partial charge in [-0.05, 0) is 37.8 Å². The van der Waals surface area contributed by atoms with Gasteiger partial charge in [0.2, 0.25) is 11.8 Å². The summed E-state index contributed by atoms with van der Waals surface area (Å²) < 4.78 is 2.21. The molecule has 1 aromatic heterocycles. The SMILES string of the molecule is CC(=O)N1CCC(C(=O)NCCc2c(C)n(C)c3ccccc23)CC1. The van der Waals surface area contributed by atoms with Crippen LogP contribution in [0, 0.1) is 12.8 Å². The fourth-order valence-electron chi connectivity index (χ4n) is 3.83. The van der Waals surface area contributed by atoms with Crippen molar-refractivity contribution in [1.29, 1.82) is 0 Å². The van der Waals surface area contributed by atoms with Gasteiger partial charge >= 0.3 is 0 Å². The van der Waals surface area contributed by atoms with Crippen molar-refractivity contribution in [2.24, 2.45) is 13.0 Å². The summed E-state index contributed by atoms with van der Waals surface area (Å²) in [7, 11) is 2.09. The number of para-hydroxylation sites is 1. The van der Waals surface area contributed by atoms with Crippen LogP contribution >= 0.6 is 0 Å². The Kier molecular flexibility index (Phi) is 5.11. The number of hydrogen-bond donors (Lipinski definition) is 1. The average molecular weight is 341 g/mol. The fourth-order valence-corrected chi connectivity index (χ4v) is 3.83. The Bertz CT molecular complexity index is 786. The van der Waals surface area contributed by atoms with Crippen LogP contribution in [0.2, 0.25) is 0 Å².